The molecule has 0 radical (unpaired) electrons. The lowest BCUT2D eigenvalue weighted by Gasteiger charge is -2.31. The number of rotatable bonds is 3. The summed E-state index contributed by atoms with van der Waals surface area (Å²) in [6.07, 6.45) is 1.37. The van der Waals surface area contributed by atoms with Crippen LogP contribution in [-0.2, 0) is 6.54 Å². The Labute approximate surface area is 168 Å². The third-order valence-corrected chi connectivity index (χ3v) is 5.23. The van der Waals surface area contributed by atoms with E-state index in [-0.39, 0.29) is 22.1 Å². The van der Waals surface area contributed by atoms with Gasteiger partial charge in [-0.05, 0) is 37.1 Å². The molecule has 0 saturated carbocycles. The molecule has 0 bridgehead atoms. The first-order valence-electron chi connectivity index (χ1n) is 9.25. The van der Waals surface area contributed by atoms with E-state index in [9.17, 15) is 9.18 Å². The van der Waals surface area contributed by atoms with Crippen molar-refractivity contribution in [2.75, 3.05) is 13.3 Å². The molecule has 0 fully saturated rings. The Morgan fingerprint density at radius 1 is 1.32 bits per heavy atom. The van der Waals surface area contributed by atoms with Crippen LogP contribution in [0, 0.1) is 18.7 Å². The van der Waals surface area contributed by atoms with Gasteiger partial charge in [0.15, 0.2) is 5.76 Å². The number of hydrogen-bond donors (Lipinski definition) is 0. The number of nitrogens with zero attached hydrogens (tertiary/aromatic N) is 1. The summed E-state index contributed by atoms with van der Waals surface area (Å²) in [5, 5.41) is 0.225. The summed E-state index contributed by atoms with van der Waals surface area (Å²) >= 11 is 6.08. The van der Waals surface area contributed by atoms with E-state index in [2.05, 4.69) is 18.7 Å². The van der Waals surface area contributed by atoms with Gasteiger partial charge in [-0.2, -0.15) is 0 Å². The van der Waals surface area contributed by atoms with Gasteiger partial charge in [-0.1, -0.05) is 31.5 Å². The maximum Gasteiger partial charge on any atom is 0.231 e. The lowest BCUT2D eigenvalue weighted by Crippen LogP contribution is -2.35. The Balaban J connectivity index is 1.70. The molecule has 2 aromatic carbocycles. The molecule has 2 aliphatic rings. The van der Waals surface area contributed by atoms with E-state index in [4.69, 9.17) is 21.1 Å². The number of fused-ring (bicyclic) bond motifs is 2. The average Bonchev–Trinajstić information content (AvgIpc) is 2.94. The van der Waals surface area contributed by atoms with E-state index in [1.807, 2.05) is 13.0 Å². The van der Waals surface area contributed by atoms with Crippen molar-refractivity contribution in [1.29, 1.82) is 0 Å². The molecule has 0 saturated heterocycles. The molecule has 2 aromatic rings. The number of hydrogen-bond acceptors (Lipinski definition) is 4. The quantitative estimate of drug-likeness (QED) is 0.661. The first-order chi connectivity index (χ1) is 13.3. The fourth-order valence-electron chi connectivity index (χ4n) is 3.71. The van der Waals surface area contributed by atoms with Crippen LogP contribution < -0.4 is 9.47 Å². The summed E-state index contributed by atoms with van der Waals surface area (Å²) in [5.41, 5.74) is 2.37. The van der Waals surface area contributed by atoms with Gasteiger partial charge >= 0.3 is 0 Å². The molecule has 0 aromatic heterocycles. The Morgan fingerprint density at radius 3 is 2.82 bits per heavy atom. The number of carbonyl (C=O) groups is 1. The fourth-order valence-corrected chi connectivity index (χ4v) is 3.93. The smallest absolute Gasteiger partial charge is 0.231 e. The molecule has 0 amide bonds. The zero-order chi connectivity index (χ0) is 20.0. The molecule has 0 N–H and O–H groups in total. The van der Waals surface area contributed by atoms with Crippen molar-refractivity contribution >= 4 is 23.5 Å². The van der Waals surface area contributed by atoms with Crippen molar-refractivity contribution in [1.82, 2.24) is 4.90 Å². The second-order valence-electron chi connectivity index (χ2n) is 7.62. The van der Waals surface area contributed by atoms with Crippen LogP contribution in [0.1, 0.15) is 40.9 Å². The second-order valence-corrected chi connectivity index (χ2v) is 8.03. The van der Waals surface area contributed by atoms with Crippen LogP contribution in [0.25, 0.3) is 6.08 Å². The fraction of sp³-hybridized carbons (Fsp3) is 0.318. The van der Waals surface area contributed by atoms with Gasteiger partial charge < -0.3 is 9.47 Å². The molecule has 2 aliphatic heterocycles. The van der Waals surface area contributed by atoms with Crippen LogP contribution in [0.15, 0.2) is 30.0 Å². The highest BCUT2D eigenvalue weighted by Gasteiger charge is 2.34. The SMILES string of the molecule is Cc1c2c(cc3c1O/C(=C\c1c(F)cccc1Cl)C3=O)CN(CC(C)C)CO2. The number of ether oxygens (including phenoxy) is 2. The number of benzene rings is 2. The number of allylic oxidation sites excluding steroid dienone is 1. The van der Waals surface area contributed by atoms with Crippen LogP contribution in [0.5, 0.6) is 11.5 Å². The number of halogens is 2. The van der Waals surface area contributed by atoms with Gasteiger partial charge in [0.05, 0.1) is 10.6 Å². The molecule has 0 spiro atoms. The lowest BCUT2D eigenvalue weighted by molar-refractivity contribution is 0.0835. The van der Waals surface area contributed by atoms with Gasteiger partial charge in [-0.25, -0.2) is 4.39 Å². The summed E-state index contributed by atoms with van der Waals surface area (Å²) in [6, 6.07) is 6.22. The largest absolute Gasteiger partial charge is 0.477 e. The summed E-state index contributed by atoms with van der Waals surface area (Å²) in [5.74, 6) is 1.03. The maximum atomic E-state index is 14.1. The predicted octanol–water partition coefficient (Wildman–Crippen LogP) is 5.21. The van der Waals surface area contributed by atoms with E-state index < -0.39 is 5.82 Å². The summed E-state index contributed by atoms with van der Waals surface area (Å²) < 4.78 is 25.9. The minimum Gasteiger partial charge on any atom is -0.477 e. The van der Waals surface area contributed by atoms with E-state index >= 15 is 0 Å². The van der Waals surface area contributed by atoms with E-state index in [0.717, 1.165) is 23.4 Å². The highest BCUT2D eigenvalue weighted by molar-refractivity contribution is 6.32. The topological polar surface area (TPSA) is 38.8 Å². The molecule has 0 atom stereocenters. The third-order valence-electron chi connectivity index (χ3n) is 4.90. The average molecular weight is 402 g/mol. The summed E-state index contributed by atoms with van der Waals surface area (Å²) in [6.45, 7) is 8.33. The first-order valence-corrected chi connectivity index (χ1v) is 9.63. The van der Waals surface area contributed by atoms with Gasteiger partial charge in [-0.15, -0.1) is 0 Å². The Morgan fingerprint density at radius 2 is 2.11 bits per heavy atom. The van der Waals surface area contributed by atoms with Crippen LogP contribution in [0.4, 0.5) is 4.39 Å². The third kappa shape index (κ3) is 3.29. The van der Waals surface area contributed by atoms with Crippen LogP contribution in [0.3, 0.4) is 0 Å². The molecule has 0 unspecified atom stereocenters. The lowest BCUT2D eigenvalue weighted by atomic mass is 9.99. The molecule has 4 rings (SSSR count). The molecule has 0 aliphatic carbocycles. The van der Waals surface area contributed by atoms with Crippen molar-refractivity contribution in [3.63, 3.8) is 0 Å². The summed E-state index contributed by atoms with van der Waals surface area (Å²) in [4.78, 5) is 15.1. The normalized spacial score (nSPS) is 17.5. The highest BCUT2D eigenvalue weighted by atomic mass is 35.5. The van der Waals surface area contributed by atoms with Gasteiger partial charge in [0.2, 0.25) is 5.78 Å². The van der Waals surface area contributed by atoms with Crippen molar-refractivity contribution in [2.45, 2.75) is 27.3 Å². The standard InChI is InChI=1S/C22H21ClFNO3/c1-12(2)9-25-10-14-7-16-20(26)19(8-15-17(23)5-4-6-18(15)24)28-22(16)13(3)21(14)27-11-25/h4-8,12H,9-11H2,1-3H3/b19-8-. The highest BCUT2D eigenvalue weighted by Crippen LogP contribution is 2.43. The molecule has 4 nitrogen and oxygen atoms in total. The van der Waals surface area contributed by atoms with Crippen LogP contribution in [0.2, 0.25) is 5.02 Å². The van der Waals surface area contributed by atoms with E-state index in [1.54, 1.807) is 6.07 Å². The van der Waals surface area contributed by atoms with Gasteiger partial charge in [0, 0.05) is 29.8 Å². The Kier molecular flexibility index (Phi) is 4.89. The van der Waals surface area contributed by atoms with Crippen LogP contribution >= 0.6 is 11.6 Å². The minimum absolute atomic E-state index is 0.0616. The Hall–Kier alpha value is -2.37. The first kappa shape index (κ1) is 19.0. The van der Waals surface area contributed by atoms with E-state index in [1.165, 1.54) is 18.2 Å². The summed E-state index contributed by atoms with van der Waals surface area (Å²) in [7, 11) is 0. The van der Waals surface area contributed by atoms with Crippen molar-refractivity contribution in [2.24, 2.45) is 5.92 Å². The van der Waals surface area contributed by atoms with Crippen LogP contribution in [-0.4, -0.2) is 24.0 Å². The molecule has 6 heteroatoms. The zero-order valence-corrected chi connectivity index (χ0v) is 16.8. The Bertz CT molecular complexity index is 980. The number of carbonyl (C=O) groups excluding carboxylic acids is 1. The van der Waals surface area contributed by atoms with Gasteiger partial charge in [0.25, 0.3) is 0 Å². The predicted molar refractivity (Wildman–Crippen MR) is 106 cm³/mol. The monoisotopic (exact) mass is 401 g/mol. The number of Topliss-reactive ketones (excluding diaryl/α,β-unsaturated/α-hetero) is 1. The second kappa shape index (κ2) is 7.22. The molecule has 2 heterocycles. The molecule has 28 heavy (non-hydrogen) atoms. The maximum absolute atomic E-state index is 14.1. The van der Waals surface area contributed by atoms with Crippen molar-refractivity contribution in [3.8, 4) is 11.5 Å². The van der Waals surface area contributed by atoms with Crippen molar-refractivity contribution in [3.05, 3.63) is 63.1 Å². The van der Waals surface area contributed by atoms with Gasteiger partial charge in [-0.3, -0.25) is 9.69 Å². The minimum atomic E-state index is -0.504. The molecular weight excluding hydrogens is 381 g/mol. The van der Waals surface area contributed by atoms with E-state index in [0.29, 0.717) is 30.5 Å². The molecule has 146 valence electrons. The van der Waals surface area contributed by atoms with Crippen molar-refractivity contribution < 1.29 is 18.7 Å². The van der Waals surface area contributed by atoms with Gasteiger partial charge in [0.1, 0.15) is 24.0 Å². The zero-order valence-electron chi connectivity index (χ0n) is 16.0. The molecular formula is C22H21ClFNO3. The number of ketones is 1.